The van der Waals surface area contributed by atoms with Crippen LogP contribution in [0.5, 0.6) is 0 Å². The van der Waals surface area contributed by atoms with Gasteiger partial charge in [0.25, 0.3) is 5.91 Å². The second kappa shape index (κ2) is 8.79. The smallest absolute Gasteiger partial charge is 0.256 e. The maximum atomic E-state index is 13.0. The normalized spacial score (nSPS) is 12.3. The van der Waals surface area contributed by atoms with E-state index in [-0.39, 0.29) is 15.9 Å². The molecule has 0 bridgehead atoms. The van der Waals surface area contributed by atoms with Crippen molar-refractivity contribution in [2.75, 3.05) is 18.4 Å². The molecule has 10 heteroatoms. The third-order valence-electron chi connectivity index (χ3n) is 4.98. The van der Waals surface area contributed by atoms with E-state index >= 15 is 0 Å². The molecular weight excluding hydrogens is 430 g/mol. The van der Waals surface area contributed by atoms with E-state index in [1.54, 1.807) is 13.8 Å². The highest BCUT2D eigenvalue weighted by molar-refractivity contribution is 7.89. The first-order chi connectivity index (χ1) is 15.0. The molecule has 0 radical (unpaired) electrons. The van der Waals surface area contributed by atoms with E-state index in [1.807, 2.05) is 20.8 Å². The monoisotopic (exact) mass is 457 g/mol. The average molecular weight is 458 g/mol. The largest absolute Gasteiger partial charge is 0.322 e. The number of aromatic nitrogens is 3. The van der Waals surface area contributed by atoms with Crippen LogP contribution >= 0.6 is 0 Å². The molecule has 32 heavy (non-hydrogen) atoms. The molecule has 0 unspecified atom stereocenters. The van der Waals surface area contributed by atoms with Crippen molar-refractivity contribution in [3.8, 4) is 0 Å². The van der Waals surface area contributed by atoms with Crippen molar-refractivity contribution < 1.29 is 13.2 Å². The number of carbonyl (C=O) groups excluding carboxylic acids is 1. The summed E-state index contributed by atoms with van der Waals surface area (Å²) in [5.41, 5.74) is 0.0727. The third kappa shape index (κ3) is 4.71. The van der Waals surface area contributed by atoms with Gasteiger partial charge >= 0.3 is 0 Å². The van der Waals surface area contributed by atoms with Gasteiger partial charge in [0.15, 0.2) is 0 Å². The zero-order valence-corrected chi connectivity index (χ0v) is 19.6. The summed E-state index contributed by atoms with van der Waals surface area (Å²) in [6.45, 7) is 10.1. The molecule has 2 heterocycles. The summed E-state index contributed by atoms with van der Waals surface area (Å²) < 4.78 is 27.2. The molecule has 2 aromatic heterocycles. The molecule has 1 amide bonds. The number of rotatable bonds is 6. The fourth-order valence-corrected chi connectivity index (χ4v) is 4.76. The molecule has 1 aromatic carbocycles. The van der Waals surface area contributed by atoms with E-state index < -0.39 is 21.5 Å². The highest BCUT2D eigenvalue weighted by atomic mass is 32.2. The Morgan fingerprint density at radius 2 is 1.72 bits per heavy atom. The van der Waals surface area contributed by atoms with Gasteiger partial charge < -0.3 is 10.3 Å². The Morgan fingerprint density at radius 1 is 1.09 bits per heavy atom. The number of carbonyl (C=O) groups is 1. The van der Waals surface area contributed by atoms with Crippen molar-refractivity contribution in [1.29, 1.82) is 0 Å². The number of nitrogens with zero attached hydrogens (tertiary/aromatic N) is 3. The van der Waals surface area contributed by atoms with Gasteiger partial charge in [-0.3, -0.25) is 9.59 Å². The predicted octanol–water partition coefficient (Wildman–Crippen LogP) is 2.90. The van der Waals surface area contributed by atoms with Crippen molar-refractivity contribution in [3.05, 3.63) is 58.4 Å². The molecule has 2 N–H and O–H groups in total. The van der Waals surface area contributed by atoms with E-state index in [4.69, 9.17) is 0 Å². The maximum absolute atomic E-state index is 13.0. The molecule has 3 rings (SSSR count). The van der Waals surface area contributed by atoms with Crippen LogP contribution in [0.25, 0.3) is 10.9 Å². The number of hydrogen-bond donors (Lipinski definition) is 2. The highest BCUT2D eigenvalue weighted by Gasteiger charge is 2.23. The van der Waals surface area contributed by atoms with Crippen molar-refractivity contribution in [2.24, 2.45) is 0 Å². The van der Waals surface area contributed by atoms with E-state index in [9.17, 15) is 18.0 Å². The number of amides is 1. The van der Waals surface area contributed by atoms with E-state index in [0.29, 0.717) is 35.5 Å². The van der Waals surface area contributed by atoms with Gasteiger partial charge in [-0.1, -0.05) is 34.6 Å². The van der Waals surface area contributed by atoms with Crippen molar-refractivity contribution in [3.63, 3.8) is 0 Å². The Bertz CT molecular complexity index is 1300. The summed E-state index contributed by atoms with van der Waals surface area (Å²) in [7, 11) is -3.73. The van der Waals surface area contributed by atoms with Crippen LogP contribution < -0.4 is 10.9 Å². The maximum Gasteiger partial charge on any atom is 0.256 e. The molecule has 0 aliphatic carbocycles. The Kier molecular flexibility index (Phi) is 6.47. The van der Waals surface area contributed by atoms with Crippen LogP contribution in [0.3, 0.4) is 0 Å². The van der Waals surface area contributed by atoms with Gasteiger partial charge in [-0.15, -0.1) is 0 Å². The van der Waals surface area contributed by atoms with Gasteiger partial charge in [0, 0.05) is 35.5 Å². The van der Waals surface area contributed by atoms with Gasteiger partial charge in [-0.2, -0.15) is 4.31 Å². The lowest BCUT2D eigenvalue weighted by Crippen LogP contribution is -2.30. The number of nitrogens with one attached hydrogen (secondary N) is 2. The molecule has 0 aliphatic rings. The SMILES string of the molecule is CCN(CC)S(=O)(=O)c1ccc2[nH]c(=O)cc(C(=O)Nc3cnc(C(C)(C)C)nc3)c2c1. The highest BCUT2D eigenvalue weighted by Crippen LogP contribution is 2.24. The third-order valence-corrected chi connectivity index (χ3v) is 7.03. The predicted molar refractivity (Wildman–Crippen MR) is 123 cm³/mol. The van der Waals surface area contributed by atoms with Crippen LogP contribution in [-0.2, 0) is 15.4 Å². The number of aromatic amines is 1. The quantitative estimate of drug-likeness (QED) is 0.586. The molecule has 9 nitrogen and oxygen atoms in total. The van der Waals surface area contributed by atoms with Crippen LogP contribution in [-0.4, -0.2) is 46.7 Å². The Balaban J connectivity index is 2.03. The van der Waals surface area contributed by atoms with Crippen molar-refractivity contribution >= 4 is 32.5 Å². The molecule has 0 spiro atoms. The first kappa shape index (κ1) is 23.6. The van der Waals surface area contributed by atoms with Crippen molar-refractivity contribution in [1.82, 2.24) is 19.3 Å². The molecular formula is C22H27N5O4S. The Labute approximate surface area is 187 Å². The number of fused-ring (bicyclic) bond motifs is 1. The Hall–Kier alpha value is -3.11. The zero-order valence-electron chi connectivity index (χ0n) is 18.8. The molecule has 0 saturated carbocycles. The first-order valence-electron chi connectivity index (χ1n) is 10.3. The number of hydrogen-bond acceptors (Lipinski definition) is 6. The van der Waals surface area contributed by atoms with Gasteiger partial charge in [-0.25, -0.2) is 18.4 Å². The second-order valence-electron chi connectivity index (χ2n) is 8.34. The fraction of sp³-hybridized carbons (Fsp3) is 0.364. The summed E-state index contributed by atoms with van der Waals surface area (Å²) in [5, 5.41) is 3.00. The average Bonchev–Trinajstić information content (AvgIpc) is 2.73. The molecule has 0 fully saturated rings. The molecule has 3 aromatic rings. The number of sulfonamides is 1. The zero-order chi connectivity index (χ0) is 23.7. The van der Waals surface area contributed by atoms with Crippen LogP contribution in [0.2, 0.25) is 0 Å². The first-order valence-corrected chi connectivity index (χ1v) is 11.7. The van der Waals surface area contributed by atoms with E-state index in [2.05, 4.69) is 20.3 Å². The van der Waals surface area contributed by atoms with Crippen LogP contribution in [0.4, 0.5) is 5.69 Å². The minimum Gasteiger partial charge on any atom is -0.322 e. The number of benzene rings is 1. The fourth-order valence-electron chi connectivity index (χ4n) is 3.27. The van der Waals surface area contributed by atoms with Crippen LogP contribution in [0, 0.1) is 0 Å². The lowest BCUT2D eigenvalue weighted by Gasteiger charge is -2.19. The summed E-state index contributed by atoms with van der Waals surface area (Å²) in [4.78, 5) is 36.4. The van der Waals surface area contributed by atoms with Gasteiger partial charge in [0.05, 0.1) is 28.5 Å². The lowest BCUT2D eigenvalue weighted by atomic mass is 9.96. The summed E-state index contributed by atoms with van der Waals surface area (Å²) in [6, 6.07) is 5.47. The van der Waals surface area contributed by atoms with Crippen molar-refractivity contribution in [2.45, 2.75) is 44.9 Å². The molecule has 170 valence electrons. The van der Waals surface area contributed by atoms with Gasteiger partial charge in [0.2, 0.25) is 15.6 Å². The summed E-state index contributed by atoms with van der Waals surface area (Å²) >= 11 is 0. The lowest BCUT2D eigenvalue weighted by molar-refractivity contribution is 0.102. The minimum absolute atomic E-state index is 0.0488. The number of anilines is 1. The number of H-pyrrole nitrogens is 1. The molecule has 0 atom stereocenters. The number of pyridine rings is 1. The van der Waals surface area contributed by atoms with Gasteiger partial charge in [-0.05, 0) is 18.2 Å². The second-order valence-corrected chi connectivity index (χ2v) is 10.3. The standard InChI is InChI=1S/C22H27N5O4S/c1-6-27(7-2)32(30,31)15-8-9-18-16(10-15)17(11-19(28)26-18)20(29)25-14-12-23-21(24-13-14)22(3,4)5/h8-13H,6-7H2,1-5H3,(H,25,29)(H,26,28). The van der Waals surface area contributed by atoms with E-state index in [1.165, 1.54) is 34.9 Å². The molecule has 0 saturated heterocycles. The van der Waals surface area contributed by atoms with E-state index in [0.717, 1.165) is 6.07 Å². The Morgan fingerprint density at radius 3 is 2.28 bits per heavy atom. The van der Waals surface area contributed by atoms with Crippen LogP contribution in [0.1, 0.15) is 50.8 Å². The molecule has 0 aliphatic heterocycles. The van der Waals surface area contributed by atoms with Gasteiger partial charge in [0.1, 0.15) is 5.82 Å². The summed E-state index contributed by atoms with van der Waals surface area (Å²) in [6.07, 6.45) is 2.99. The van der Waals surface area contributed by atoms with Crippen LogP contribution in [0.15, 0.2) is 46.3 Å². The topological polar surface area (TPSA) is 125 Å². The summed E-state index contributed by atoms with van der Waals surface area (Å²) in [5.74, 6) is 0.0638. The minimum atomic E-state index is -3.73.